The molecule has 1 rings (SSSR count). The number of rotatable bonds is 4. The fourth-order valence-corrected chi connectivity index (χ4v) is 2.02. The molecule has 1 aromatic carbocycles. The first-order chi connectivity index (χ1) is 7.93. The van der Waals surface area contributed by atoms with E-state index in [1.165, 1.54) is 12.1 Å². The van der Waals surface area contributed by atoms with E-state index < -0.39 is 12.5 Å². The fourth-order valence-electron chi connectivity index (χ4n) is 1.05. The second kappa shape index (κ2) is 6.37. The summed E-state index contributed by atoms with van der Waals surface area (Å²) in [5, 5.41) is 2.56. The minimum Gasteiger partial charge on any atom is -0.431 e. The van der Waals surface area contributed by atoms with E-state index >= 15 is 0 Å². The standard InChI is InChI=1S/C9H6BrCl2F2NO2/c10-5-1-4(12)2-6(15-7(16)3-11)8(5)17-9(13)14/h1-2,9H,3H2,(H,15,16). The van der Waals surface area contributed by atoms with Crippen molar-refractivity contribution in [3.8, 4) is 5.75 Å². The molecule has 0 atom stereocenters. The van der Waals surface area contributed by atoms with Gasteiger partial charge < -0.3 is 10.1 Å². The smallest absolute Gasteiger partial charge is 0.387 e. The molecule has 0 radical (unpaired) electrons. The molecular formula is C9H6BrCl2F2NO2. The van der Waals surface area contributed by atoms with Gasteiger partial charge in [0, 0.05) is 5.02 Å². The summed E-state index contributed by atoms with van der Waals surface area (Å²) in [5.74, 6) is -1.07. The summed E-state index contributed by atoms with van der Waals surface area (Å²) in [5.41, 5.74) is 0.0234. The van der Waals surface area contributed by atoms with E-state index in [0.717, 1.165) is 0 Å². The minimum atomic E-state index is -3.01. The second-order valence-corrected chi connectivity index (χ2v) is 4.38. The number of hydrogen-bond donors (Lipinski definition) is 1. The van der Waals surface area contributed by atoms with Crippen LogP contribution in [-0.4, -0.2) is 18.4 Å². The van der Waals surface area contributed by atoms with Crippen LogP contribution < -0.4 is 10.1 Å². The average molecular weight is 349 g/mol. The Hall–Kier alpha value is -0.590. The number of amides is 1. The molecular weight excluding hydrogens is 343 g/mol. The molecule has 1 N–H and O–H groups in total. The Balaban J connectivity index is 3.10. The first kappa shape index (κ1) is 14.5. The normalized spacial score (nSPS) is 10.5. The molecule has 0 bridgehead atoms. The van der Waals surface area contributed by atoms with Gasteiger partial charge in [-0.2, -0.15) is 8.78 Å². The van der Waals surface area contributed by atoms with Crippen LogP contribution in [0.3, 0.4) is 0 Å². The van der Waals surface area contributed by atoms with Gasteiger partial charge >= 0.3 is 6.61 Å². The van der Waals surface area contributed by atoms with Crippen LogP contribution in [0.4, 0.5) is 14.5 Å². The SMILES string of the molecule is O=C(CCl)Nc1cc(Cl)cc(Br)c1OC(F)F. The summed E-state index contributed by atoms with van der Waals surface area (Å²) in [6.07, 6.45) is 0. The van der Waals surface area contributed by atoms with Gasteiger partial charge in [-0.1, -0.05) is 11.6 Å². The van der Waals surface area contributed by atoms with Crippen molar-refractivity contribution in [3.63, 3.8) is 0 Å². The highest BCUT2D eigenvalue weighted by Crippen LogP contribution is 2.37. The molecule has 0 aliphatic rings. The van der Waals surface area contributed by atoms with Crippen molar-refractivity contribution in [1.82, 2.24) is 0 Å². The Bertz CT molecular complexity index is 432. The van der Waals surface area contributed by atoms with Crippen LogP contribution in [0, 0.1) is 0 Å². The molecule has 0 heterocycles. The van der Waals surface area contributed by atoms with Crippen LogP contribution in [0.5, 0.6) is 5.75 Å². The van der Waals surface area contributed by atoms with Crippen molar-refractivity contribution in [1.29, 1.82) is 0 Å². The molecule has 0 aromatic heterocycles. The van der Waals surface area contributed by atoms with Gasteiger partial charge in [0.2, 0.25) is 5.91 Å². The molecule has 17 heavy (non-hydrogen) atoms. The summed E-state index contributed by atoms with van der Waals surface area (Å²) < 4.78 is 28.9. The maximum absolute atomic E-state index is 12.2. The zero-order chi connectivity index (χ0) is 13.0. The largest absolute Gasteiger partial charge is 0.431 e. The molecule has 8 heteroatoms. The summed E-state index contributed by atoms with van der Waals surface area (Å²) in [4.78, 5) is 11.1. The van der Waals surface area contributed by atoms with E-state index in [4.69, 9.17) is 23.2 Å². The first-order valence-corrected chi connectivity index (χ1v) is 5.94. The van der Waals surface area contributed by atoms with Gasteiger partial charge in [0.1, 0.15) is 5.88 Å². The van der Waals surface area contributed by atoms with Gasteiger partial charge in [-0.15, -0.1) is 11.6 Å². The van der Waals surface area contributed by atoms with Gasteiger partial charge in [0.15, 0.2) is 5.75 Å². The highest BCUT2D eigenvalue weighted by atomic mass is 79.9. The lowest BCUT2D eigenvalue weighted by atomic mass is 10.3. The Morgan fingerprint density at radius 1 is 1.53 bits per heavy atom. The van der Waals surface area contributed by atoms with Crippen LogP contribution in [0.15, 0.2) is 16.6 Å². The van der Waals surface area contributed by atoms with Crippen LogP contribution in [0.2, 0.25) is 5.02 Å². The summed E-state index contributed by atoms with van der Waals surface area (Å²) in [6.45, 7) is -3.01. The van der Waals surface area contributed by atoms with Gasteiger partial charge in [-0.05, 0) is 28.1 Å². The van der Waals surface area contributed by atoms with Gasteiger partial charge in [-0.25, -0.2) is 0 Å². The molecule has 0 unspecified atom stereocenters. The zero-order valence-electron chi connectivity index (χ0n) is 8.15. The third-order valence-electron chi connectivity index (χ3n) is 1.61. The number of ether oxygens (including phenoxy) is 1. The van der Waals surface area contributed by atoms with Crippen molar-refractivity contribution in [2.75, 3.05) is 11.2 Å². The Morgan fingerprint density at radius 3 is 2.71 bits per heavy atom. The number of benzene rings is 1. The van der Waals surface area contributed by atoms with Crippen molar-refractivity contribution in [2.24, 2.45) is 0 Å². The van der Waals surface area contributed by atoms with Crippen LogP contribution in [0.25, 0.3) is 0 Å². The third kappa shape index (κ3) is 4.29. The van der Waals surface area contributed by atoms with Gasteiger partial charge in [0.05, 0.1) is 10.2 Å². The predicted molar refractivity (Wildman–Crippen MR) is 65.1 cm³/mol. The summed E-state index contributed by atoms with van der Waals surface area (Å²) >= 11 is 14.0. The number of alkyl halides is 3. The van der Waals surface area contributed by atoms with Crippen molar-refractivity contribution in [2.45, 2.75) is 6.61 Å². The maximum atomic E-state index is 12.2. The fraction of sp³-hybridized carbons (Fsp3) is 0.222. The van der Waals surface area contributed by atoms with E-state index in [-0.39, 0.29) is 26.8 Å². The topological polar surface area (TPSA) is 38.3 Å². The monoisotopic (exact) mass is 347 g/mol. The Labute approximate surface area is 114 Å². The molecule has 1 amide bonds. The molecule has 0 aliphatic heterocycles. The van der Waals surface area contributed by atoms with E-state index in [9.17, 15) is 13.6 Å². The summed E-state index contributed by atoms with van der Waals surface area (Å²) in [7, 11) is 0. The predicted octanol–water partition coefficient (Wildman–Crippen LogP) is 3.88. The molecule has 94 valence electrons. The highest BCUT2D eigenvalue weighted by molar-refractivity contribution is 9.10. The van der Waals surface area contributed by atoms with Gasteiger partial charge in [0.25, 0.3) is 0 Å². The number of anilines is 1. The maximum Gasteiger partial charge on any atom is 0.387 e. The van der Waals surface area contributed by atoms with Crippen LogP contribution >= 0.6 is 39.1 Å². The molecule has 0 saturated carbocycles. The lowest BCUT2D eigenvalue weighted by molar-refractivity contribution is -0.114. The number of carbonyl (C=O) groups excluding carboxylic acids is 1. The molecule has 0 saturated heterocycles. The quantitative estimate of drug-likeness (QED) is 0.838. The first-order valence-electron chi connectivity index (χ1n) is 4.23. The van der Waals surface area contributed by atoms with E-state index in [1.54, 1.807) is 0 Å². The van der Waals surface area contributed by atoms with Crippen LogP contribution in [-0.2, 0) is 4.79 Å². The van der Waals surface area contributed by atoms with Crippen LogP contribution in [0.1, 0.15) is 0 Å². The number of carbonyl (C=O) groups is 1. The van der Waals surface area contributed by atoms with E-state index in [0.29, 0.717) is 0 Å². The second-order valence-electron chi connectivity index (χ2n) is 2.82. The summed E-state index contributed by atoms with van der Waals surface area (Å²) in [6, 6.07) is 2.66. The average Bonchev–Trinajstić information content (AvgIpc) is 2.22. The lowest BCUT2D eigenvalue weighted by Crippen LogP contribution is -2.14. The number of halogens is 5. The number of hydrogen-bond acceptors (Lipinski definition) is 2. The number of nitrogens with one attached hydrogen (secondary N) is 1. The molecule has 0 aliphatic carbocycles. The Kier molecular flexibility index (Phi) is 5.42. The van der Waals surface area contributed by atoms with E-state index in [1.807, 2.05) is 0 Å². The van der Waals surface area contributed by atoms with Crippen molar-refractivity contribution >= 4 is 50.7 Å². The van der Waals surface area contributed by atoms with E-state index in [2.05, 4.69) is 26.0 Å². The molecule has 3 nitrogen and oxygen atoms in total. The van der Waals surface area contributed by atoms with Crippen molar-refractivity contribution in [3.05, 3.63) is 21.6 Å². The third-order valence-corrected chi connectivity index (χ3v) is 2.66. The lowest BCUT2D eigenvalue weighted by Gasteiger charge is -2.13. The zero-order valence-corrected chi connectivity index (χ0v) is 11.2. The molecule has 1 aromatic rings. The minimum absolute atomic E-state index is 0.0234. The Morgan fingerprint density at radius 2 is 2.18 bits per heavy atom. The van der Waals surface area contributed by atoms with Gasteiger partial charge in [-0.3, -0.25) is 4.79 Å². The van der Waals surface area contributed by atoms with Crippen molar-refractivity contribution < 1.29 is 18.3 Å². The molecule has 0 fully saturated rings. The molecule has 0 spiro atoms. The highest BCUT2D eigenvalue weighted by Gasteiger charge is 2.16.